The second kappa shape index (κ2) is 5.20. The molecule has 0 N–H and O–H groups in total. The van der Waals surface area contributed by atoms with Gasteiger partial charge >= 0.3 is 0 Å². The van der Waals surface area contributed by atoms with Gasteiger partial charge in [-0.2, -0.15) is 0 Å². The lowest BCUT2D eigenvalue weighted by Crippen LogP contribution is -2.57. The summed E-state index contributed by atoms with van der Waals surface area (Å²) >= 11 is 0. The molecule has 0 aliphatic heterocycles. The van der Waals surface area contributed by atoms with Crippen LogP contribution in [0.5, 0.6) is 0 Å². The Hall–Kier alpha value is -1.29. The van der Waals surface area contributed by atoms with Crippen LogP contribution in [-0.2, 0) is 14.3 Å². The van der Waals surface area contributed by atoms with Crippen molar-refractivity contribution in [2.75, 3.05) is 7.11 Å². The summed E-state index contributed by atoms with van der Waals surface area (Å²) in [4.78, 5) is 24.9. The van der Waals surface area contributed by atoms with E-state index in [9.17, 15) is 9.59 Å². The van der Waals surface area contributed by atoms with Crippen LogP contribution in [0.4, 0.5) is 4.39 Å². The van der Waals surface area contributed by atoms with Crippen molar-refractivity contribution in [2.45, 2.75) is 58.5 Å². The SMILES string of the molecule is CO[C@@]1(C(C)=O)CC[C@H]2[C@@H]3C=C(F)C4=CC(=O)C5CC5[C@@]4(C)[C@@H]3CC[C@@]21C. The average molecular weight is 372 g/mol. The molecule has 0 saturated heterocycles. The summed E-state index contributed by atoms with van der Waals surface area (Å²) in [5.74, 6) is 1.15. The predicted molar refractivity (Wildman–Crippen MR) is 99.5 cm³/mol. The zero-order valence-corrected chi connectivity index (χ0v) is 16.7. The van der Waals surface area contributed by atoms with Crippen LogP contribution >= 0.6 is 0 Å². The molecule has 3 saturated carbocycles. The Morgan fingerprint density at radius 3 is 2.56 bits per heavy atom. The molecule has 5 aliphatic rings. The maximum Gasteiger partial charge on any atom is 0.162 e. The lowest BCUT2D eigenvalue weighted by Gasteiger charge is -2.57. The summed E-state index contributed by atoms with van der Waals surface area (Å²) in [6.45, 7) is 6.03. The van der Waals surface area contributed by atoms with Crippen molar-refractivity contribution < 1.29 is 18.7 Å². The van der Waals surface area contributed by atoms with Crippen molar-refractivity contribution in [1.29, 1.82) is 0 Å². The Morgan fingerprint density at radius 1 is 1.19 bits per heavy atom. The molecule has 5 rings (SSSR count). The van der Waals surface area contributed by atoms with Gasteiger partial charge in [0.25, 0.3) is 0 Å². The van der Waals surface area contributed by atoms with Gasteiger partial charge in [-0.25, -0.2) is 4.39 Å². The van der Waals surface area contributed by atoms with Crippen LogP contribution in [0.25, 0.3) is 0 Å². The summed E-state index contributed by atoms with van der Waals surface area (Å²) < 4.78 is 21.2. The van der Waals surface area contributed by atoms with E-state index in [1.54, 1.807) is 26.2 Å². The zero-order valence-electron chi connectivity index (χ0n) is 16.7. The maximum atomic E-state index is 15.3. The smallest absolute Gasteiger partial charge is 0.162 e. The van der Waals surface area contributed by atoms with Gasteiger partial charge in [0.15, 0.2) is 11.6 Å². The normalized spacial score (nSPS) is 52.8. The number of halogens is 1. The van der Waals surface area contributed by atoms with Crippen LogP contribution in [0, 0.1) is 40.4 Å². The van der Waals surface area contributed by atoms with Crippen LogP contribution < -0.4 is 0 Å². The van der Waals surface area contributed by atoms with Crippen molar-refractivity contribution >= 4 is 11.6 Å². The fourth-order valence-corrected chi connectivity index (χ4v) is 8.02. The molecule has 0 aromatic rings. The minimum absolute atomic E-state index is 0.103. The number of carbonyl (C=O) groups excluding carboxylic acids is 2. The molecule has 0 aromatic carbocycles. The third-order valence-electron chi connectivity index (χ3n) is 9.53. The molecule has 0 aromatic heterocycles. The Labute approximate surface area is 160 Å². The molecule has 0 amide bonds. The molecule has 27 heavy (non-hydrogen) atoms. The number of ether oxygens (including phenoxy) is 1. The minimum Gasteiger partial charge on any atom is -0.370 e. The highest BCUT2D eigenvalue weighted by Gasteiger charge is 2.69. The average Bonchev–Trinajstić information content (AvgIpc) is 3.36. The van der Waals surface area contributed by atoms with E-state index < -0.39 is 5.60 Å². The van der Waals surface area contributed by atoms with Gasteiger partial charge < -0.3 is 4.74 Å². The molecule has 5 aliphatic carbocycles. The summed E-state index contributed by atoms with van der Waals surface area (Å²) in [7, 11) is 1.65. The molecule has 8 atom stereocenters. The highest BCUT2D eigenvalue weighted by molar-refractivity contribution is 5.97. The van der Waals surface area contributed by atoms with Gasteiger partial charge in [0, 0.05) is 23.9 Å². The lowest BCUT2D eigenvalue weighted by atomic mass is 9.47. The van der Waals surface area contributed by atoms with Crippen LogP contribution in [0.15, 0.2) is 23.6 Å². The van der Waals surface area contributed by atoms with Crippen molar-refractivity contribution in [3.8, 4) is 0 Å². The Bertz CT molecular complexity index is 812. The Kier molecular flexibility index (Phi) is 3.42. The fourth-order valence-electron chi connectivity index (χ4n) is 8.02. The molecular formula is C23H29FO3. The van der Waals surface area contributed by atoms with Crippen molar-refractivity contribution in [3.05, 3.63) is 23.6 Å². The molecular weight excluding hydrogens is 343 g/mol. The standard InChI is InChI=1S/C23H29FO3/c1-12(25)23(27-4)8-6-15-13-10-19(24)18-11-20(26)14-9-17(14)22(18,3)16(13)5-7-21(15,23)2/h10-11,13-17H,5-9H2,1-4H3/t13-,14?,15-,16+,17?,21-,22+,23+/m0/s1. The number of methoxy groups -OCH3 is 1. The molecule has 3 nitrogen and oxygen atoms in total. The molecule has 0 radical (unpaired) electrons. The third-order valence-corrected chi connectivity index (χ3v) is 9.53. The van der Waals surface area contributed by atoms with E-state index in [4.69, 9.17) is 4.74 Å². The first-order chi connectivity index (χ1) is 12.7. The number of allylic oxidation sites excluding steroid dienone is 4. The van der Waals surface area contributed by atoms with Gasteiger partial charge in [0.05, 0.1) is 0 Å². The summed E-state index contributed by atoms with van der Waals surface area (Å²) in [5, 5.41) is 0. The van der Waals surface area contributed by atoms with Crippen molar-refractivity contribution in [3.63, 3.8) is 0 Å². The number of hydrogen-bond acceptors (Lipinski definition) is 3. The molecule has 0 bridgehead atoms. The summed E-state index contributed by atoms with van der Waals surface area (Å²) in [6.07, 6.45) is 7.82. The van der Waals surface area contributed by atoms with E-state index in [1.165, 1.54) is 0 Å². The molecule has 0 spiro atoms. The number of hydrogen-bond donors (Lipinski definition) is 0. The van der Waals surface area contributed by atoms with Crippen LogP contribution in [0.1, 0.15) is 52.9 Å². The first kappa shape index (κ1) is 17.8. The van der Waals surface area contributed by atoms with E-state index in [2.05, 4.69) is 13.8 Å². The first-order valence-corrected chi connectivity index (χ1v) is 10.4. The molecule has 3 fully saturated rings. The highest BCUT2D eigenvalue weighted by Crippen LogP contribution is 2.72. The fraction of sp³-hybridized carbons (Fsp3) is 0.739. The van der Waals surface area contributed by atoms with E-state index >= 15 is 4.39 Å². The Morgan fingerprint density at radius 2 is 1.89 bits per heavy atom. The van der Waals surface area contributed by atoms with Crippen LogP contribution in [-0.4, -0.2) is 24.3 Å². The second-order valence-corrected chi connectivity index (χ2v) is 10.1. The first-order valence-electron chi connectivity index (χ1n) is 10.4. The minimum atomic E-state index is -0.741. The van der Waals surface area contributed by atoms with Crippen molar-refractivity contribution in [2.24, 2.45) is 40.4 Å². The molecule has 2 unspecified atom stereocenters. The van der Waals surface area contributed by atoms with Crippen LogP contribution in [0.2, 0.25) is 0 Å². The monoisotopic (exact) mass is 372 g/mol. The van der Waals surface area contributed by atoms with E-state index in [1.807, 2.05) is 0 Å². The quantitative estimate of drug-likeness (QED) is 0.721. The number of Topliss-reactive ketones (excluding diaryl/α,β-unsaturated/α-hetero) is 1. The van der Waals surface area contributed by atoms with Gasteiger partial charge in [0.2, 0.25) is 0 Å². The molecule has 146 valence electrons. The highest BCUT2D eigenvalue weighted by atomic mass is 19.1. The topological polar surface area (TPSA) is 43.4 Å². The van der Waals surface area contributed by atoms with Gasteiger partial charge in [-0.1, -0.05) is 13.8 Å². The third kappa shape index (κ3) is 1.86. The number of carbonyl (C=O) groups is 2. The van der Waals surface area contributed by atoms with Gasteiger partial charge in [-0.05, 0) is 80.4 Å². The maximum absolute atomic E-state index is 15.3. The van der Waals surface area contributed by atoms with Gasteiger partial charge in [0.1, 0.15) is 11.4 Å². The Balaban J connectivity index is 1.61. The van der Waals surface area contributed by atoms with E-state index in [0.717, 1.165) is 32.1 Å². The molecule has 0 heterocycles. The van der Waals surface area contributed by atoms with Crippen LogP contribution in [0.3, 0.4) is 0 Å². The zero-order chi connectivity index (χ0) is 19.4. The summed E-state index contributed by atoms with van der Waals surface area (Å²) in [5.41, 5.74) is -0.581. The number of fused-ring (bicyclic) bond motifs is 7. The van der Waals surface area contributed by atoms with E-state index in [0.29, 0.717) is 17.4 Å². The lowest BCUT2D eigenvalue weighted by molar-refractivity contribution is -0.165. The summed E-state index contributed by atoms with van der Waals surface area (Å²) in [6, 6.07) is 0. The van der Waals surface area contributed by atoms with Gasteiger partial charge in [-0.15, -0.1) is 0 Å². The predicted octanol–water partition coefficient (Wildman–Crippen LogP) is 4.42. The molecule has 4 heteroatoms. The number of ketones is 2. The second-order valence-electron chi connectivity index (χ2n) is 10.1. The van der Waals surface area contributed by atoms with Crippen molar-refractivity contribution in [1.82, 2.24) is 0 Å². The number of rotatable bonds is 2. The largest absolute Gasteiger partial charge is 0.370 e. The van der Waals surface area contributed by atoms with E-state index in [-0.39, 0.29) is 46.0 Å². The van der Waals surface area contributed by atoms with Gasteiger partial charge in [-0.3, -0.25) is 9.59 Å².